The number of rotatable bonds is 7. The van der Waals surface area contributed by atoms with E-state index in [1.165, 1.54) is 5.57 Å². The summed E-state index contributed by atoms with van der Waals surface area (Å²) in [6.45, 7) is 15.8. The van der Waals surface area contributed by atoms with Gasteiger partial charge in [0.15, 0.2) is 24.8 Å². The van der Waals surface area contributed by atoms with Crippen LogP contribution in [0.1, 0.15) is 113 Å². The summed E-state index contributed by atoms with van der Waals surface area (Å²) in [7, 11) is 0. The van der Waals surface area contributed by atoms with E-state index in [0.717, 1.165) is 44.9 Å². The Morgan fingerprint density at radius 1 is 0.667 bits per heavy atom. The van der Waals surface area contributed by atoms with E-state index in [2.05, 4.69) is 47.6 Å². The van der Waals surface area contributed by atoms with Crippen LogP contribution in [0.3, 0.4) is 0 Å². The first-order valence-electron chi connectivity index (χ1n) is 20.8. The van der Waals surface area contributed by atoms with Crippen LogP contribution in [0.15, 0.2) is 11.6 Å². The standard InChI is InChI=1S/C42H64O15/c1-37(2)21-10-13-42(7)22(9-8-19-20-18-39(4,36(52)53)15-14-38(20,3)16-17-41(19,42)6)40(21,5)12-11-23(37)54-35-31(27(46)26(45)30(56-35)33(50)51)57-34-28(47)24(43)25(44)29(55-34)32(48)49/h8,20-31,34-35,43-47H,9-18H2,1-7H3,(H,48,49)(H,50,51)(H,52,53)/t20-,21-,22+,23-,24-,25-,26-,27-,28+,29-,30-,31+,34-,35-,38+,39-,40-,41?,42+/m0/s1. The van der Waals surface area contributed by atoms with Crippen LogP contribution < -0.4 is 0 Å². The van der Waals surface area contributed by atoms with Crippen molar-refractivity contribution in [2.75, 3.05) is 0 Å². The van der Waals surface area contributed by atoms with Gasteiger partial charge in [0.1, 0.15) is 36.6 Å². The molecule has 0 spiro atoms. The summed E-state index contributed by atoms with van der Waals surface area (Å²) >= 11 is 0. The van der Waals surface area contributed by atoms with Gasteiger partial charge in [-0.15, -0.1) is 0 Å². The molecule has 2 saturated heterocycles. The first-order valence-corrected chi connectivity index (χ1v) is 20.8. The number of aliphatic hydroxyl groups excluding tert-OH is 5. The molecule has 19 atom stereocenters. The number of fused-ring (bicyclic) bond motifs is 7. The van der Waals surface area contributed by atoms with E-state index in [-0.39, 0.29) is 33.5 Å². The van der Waals surface area contributed by atoms with Crippen molar-refractivity contribution in [2.24, 2.45) is 50.2 Å². The molecule has 2 aliphatic heterocycles. The van der Waals surface area contributed by atoms with Crippen LogP contribution in [0, 0.1) is 50.2 Å². The highest BCUT2D eigenvalue weighted by Crippen LogP contribution is 2.76. The molecule has 8 N–H and O–H groups in total. The molecule has 0 amide bonds. The average Bonchev–Trinajstić information content (AvgIpc) is 3.12. The van der Waals surface area contributed by atoms with Crippen LogP contribution in [-0.2, 0) is 33.3 Å². The fourth-order valence-corrected chi connectivity index (χ4v) is 13.5. The van der Waals surface area contributed by atoms with E-state index in [1.54, 1.807) is 0 Å². The zero-order valence-electron chi connectivity index (χ0n) is 34.2. The van der Waals surface area contributed by atoms with Gasteiger partial charge in [0.05, 0.1) is 11.5 Å². The second kappa shape index (κ2) is 14.2. The normalized spacial score (nSPS) is 53.2. The largest absolute Gasteiger partial charge is 0.481 e. The van der Waals surface area contributed by atoms with E-state index < -0.39 is 96.3 Å². The van der Waals surface area contributed by atoms with Gasteiger partial charge in [-0.1, -0.05) is 53.2 Å². The number of ether oxygens (including phenoxy) is 4. The van der Waals surface area contributed by atoms with E-state index in [4.69, 9.17) is 18.9 Å². The molecule has 1 unspecified atom stereocenters. The minimum absolute atomic E-state index is 0.0440. The van der Waals surface area contributed by atoms with E-state index in [1.807, 2.05) is 6.92 Å². The molecule has 322 valence electrons. The number of aliphatic hydroxyl groups is 5. The number of carboxylic acids is 3. The fourth-order valence-electron chi connectivity index (χ4n) is 13.5. The third kappa shape index (κ3) is 6.35. The van der Waals surface area contributed by atoms with Gasteiger partial charge in [-0.3, -0.25) is 4.79 Å². The first-order chi connectivity index (χ1) is 26.4. The first kappa shape index (κ1) is 42.9. The van der Waals surface area contributed by atoms with Crippen LogP contribution >= 0.6 is 0 Å². The van der Waals surface area contributed by atoms with Gasteiger partial charge < -0.3 is 59.8 Å². The molecule has 15 heteroatoms. The average molecular weight is 809 g/mol. The highest BCUT2D eigenvalue weighted by molar-refractivity contribution is 5.75. The number of carbonyl (C=O) groups is 3. The number of allylic oxidation sites excluding steroid dienone is 2. The minimum atomic E-state index is -2.01. The predicted molar refractivity (Wildman–Crippen MR) is 199 cm³/mol. The lowest BCUT2D eigenvalue weighted by Crippen LogP contribution is -2.67. The third-order valence-electron chi connectivity index (χ3n) is 17.5. The number of hydrogen-bond acceptors (Lipinski definition) is 12. The molecule has 5 aliphatic carbocycles. The Morgan fingerprint density at radius 2 is 1.26 bits per heavy atom. The second-order valence-electron chi connectivity index (χ2n) is 20.6. The van der Waals surface area contributed by atoms with Crippen molar-refractivity contribution in [1.82, 2.24) is 0 Å². The van der Waals surface area contributed by atoms with Crippen molar-refractivity contribution in [1.29, 1.82) is 0 Å². The van der Waals surface area contributed by atoms with Crippen molar-refractivity contribution in [3.8, 4) is 0 Å². The van der Waals surface area contributed by atoms with Crippen LogP contribution in [0.25, 0.3) is 0 Å². The fraction of sp³-hybridized carbons (Fsp3) is 0.881. The van der Waals surface area contributed by atoms with Gasteiger partial charge in [0.2, 0.25) is 0 Å². The summed E-state index contributed by atoms with van der Waals surface area (Å²) < 4.78 is 23.5. The Hall–Kier alpha value is -2.21. The zero-order valence-corrected chi connectivity index (χ0v) is 34.2. The smallest absolute Gasteiger partial charge is 0.335 e. The lowest BCUT2D eigenvalue weighted by molar-refractivity contribution is -0.371. The van der Waals surface area contributed by atoms with Gasteiger partial charge in [-0.05, 0) is 116 Å². The molecular weight excluding hydrogens is 744 g/mol. The molecule has 0 bridgehead atoms. The maximum Gasteiger partial charge on any atom is 0.335 e. The van der Waals surface area contributed by atoms with Crippen molar-refractivity contribution in [3.05, 3.63) is 11.6 Å². The molecular formula is C42H64O15. The molecule has 57 heavy (non-hydrogen) atoms. The molecule has 2 heterocycles. The Bertz CT molecular complexity index is 1650. The van der Waals surface area contributed by atoms with Gasteiger partial charge in [0, 0.05) is 0 Å². The SMILES string of the molecule is CC1(C)[C@@H](O[C@H]2O[C@H](C(=O)O)[C@@H](O)[C@H](O)[C@H]2O[C@@H]2O[C@H](C(=O)O)[C@@H](O)[C@H](O)[C@H]2O)CC[C@]2(C)[C@H]3CC=C4[C@@H]5C[C@@](C)(C(=O)O)CC[C@]5(C)CCC4(C)[C@]3(C)CC[C@@H]12. The highest BCUT2D eigenvalue weighted by Gasteiger charge is 2.69. The van der Waals surface area contributed by atoms with Crippen LogP contribution in [0.2, 0.25) is 0 Å². The van der Waals surface area contributed by atoms with E-state index in [9.17, 15) is 55.2 Å². The maximum absolute atomic E-state index is 12.5. The van der Waals surface area contributed by atoms with Gasteiger partial charge in [-0.2, -0.15) is 0 Å². The maximum atomic E-state index is 12.5. The molecule has 0 aromatic rings. The van der Waals surface area contributed by atoms with Crippen molar-refractivity contribution >= 4 is 17.9 Å². The van der Waals surface area contributed by atoms with Crippen molar-refractivity contribution in [2.45, 2.75) is 180 Å². The second-order valence-corrected chi connectivity index (χ2v) is 20.6. The Kier molecular flexibility index (Phi) is 10.7. The number of hydrogen-bond donors (Lipinski definition) is 8. The van der Waals surface area contributed by atoms with Gasteiger partial charge in [-0.25, -0.2) is 9.59 Å². The van der Waals surface area contributed by atoms with E-state index >= 15 is 0 Å². The number of aliphatic carboxylic acids is 3. The van der Waals surface area contributed by atoms with Crippen molar-refractivity contribution in [3.63, 3.8) is 0 Å². The quantitative estimate of drug-likeness (QED) is 0.136. The molecule has 0 radical (unpaired) electrons. The highest BCUT2D eigenvalue weighted by atomic mass is 16.8. The molecule has 7 rings (SSSR count). The molecule has 6 fully saturated rings. The third-order valence-corrected chi connectivity index (χ3v) is 17.5. The van der Waals surface area contributed by atoms with Crippen LogP contribution in [0.4, 0.5) is 0 Å². The summed E-state index contributed by atoms with van der Waals surface area (Å²) in [4.78, 5) is 36.5. The molecule has 0 aromatic heterocycles. The van der Waals surface area contributed by atoms with Crippen LogP contribution in [0.5, 0.6) is 0 Å². The topological polar surface area (TPSA) is 250 Å². The lowest BCUT2D eigenvalue weighted by atomic mass is 9.33. The molecule has 7 aliphatic rings. The van der Waals surface area contributed by atoms with Gasteiger partial charge in [0.25, 0.3) is 0 Å². The number of carboxylic acid groups (broad SMARTS) is 3. The molecule has 15 nitrogen and oxygen atoms in total. The van der Waals surface area contributed by atoms with Gasteiger partial charge >= 0.3 is 17.9 Å². The summed E-state index contributed by atoms with van der Waals surface area (Å²) in [5.41, 5.74) is -0.00709. The Morgan fingerprint density at radius 3 is 1.88 bits per heavy atom. The monoisotopic (exact) mass is 808 g/mol. The van der Waals surface area contributed by atoms with Crippen molar-refractivity contribution < 1.29 is 74.2 Å². The summed E-state index contributed by atoms with van der Waals surface area (Å²) in [5.74, 6) is -3.24. The predicted octanol–water partition coefficient (Wildman–Crippen LogP) is 3.07. The van der Waals surface area contributed by atoms with Crippen LogP contribution in [-0.4, -0.2) is 126 Å². The minimum Gasteiger partial charge on any atom is -0.481 e. The van der Waals surface area contributed by atoms with E-state index in [0.29, 0.717) is 25.2 Å². The summed E-state index contributed by atoms with van der Waals surface area (Å²) in [6, 6.07) is 0. The summed E-state index contributed by atoms with van der Waals surface area (Å²) in [6.07, 6.45) is -8.79. The Balaban J connectivity index is 1.15. The zero-order chi connectivity index (χ0) is 42.0. The Labute approximate surface area is 333 Å². The summed E-state index contributed by atoms with van der Waals surface area (Å²) in [5, 5.41) is 83.1. The molecule has 0 aromatic carbocycles. The lowest BCUT2D eigenvalue weighted by Gasteiger charge is -2.71. The molecule has 4 saturated carbocycles.